The van der Waals surface area contributed by atoms with E-state index in [9.17, 15) is 20.1 Å². The maximum absolute atomic E-state index is 11.2. The minimum Gasteiger partial charge on any atom is -0.508 e. The molecule has 3 N–H and O–H groups in total. The molecule has 0 spiro atoms. The predicted octanol–water partition coefficient (Wildman–Crippen LogP) is 1.02. The Morgan fingerprint density at radius 2 is 2.15 bits per heavy atom. The topological polar surface area (TPSA) is 90.2 Å². The van der Waals surface area contributed by atoms with Crippen molar-refractivity contribution in [3.8, 4) is 11.5 Å². The van der Waals surface area contributed by atoms with Crippen molar-refractivity contribution in [3.05, 3.63) is 23.8 Å². The van der Waals surface area contributed by atoms with Gasteiger partial charge in [0.2, 0.25) is 0 Å². The van der Waals surface area contributed by atoms with Crippen LogP contribution >= 0.6 is 0 Å². The first kappa shape index (κ1) is 14.6. The normalized spacial score (nSPS) is 22.3. The number of carboxylic acids is 1. The van der Waals surface area contributed by atoms with Gasteiger partial charge in [0.1, 0.15) is 11.5 Å². The van der Waals surface area contributed by atoms with Gasteiger partial charge in [0, 0.05) is 24.2 Å². The van der Waals surface area contributed by atoms with Crippen molar-refractivity contribution in [3.63, 3.8) is 0 Å². The fourth-order valence-electron chi connectivity index (χ4n) is 2.51. The second-order valence-corrected chi connectivity index (χ2v) is 4.93. The molecule has 110 valence electrons. The van der Waals surface area contributed by atoms with Gasteiger partial charge in [0.25, 0.3) is 0 Å². The Morgan fingerprint density at radius 1 is 1.40 bits per heavy atom. The average Bonchev–Trinajstić information content (AvgIpc) is 2.87. The van der Waals surface area contributed by atoms with Crippen LogP contribution in [0.1, 0.15) is 12.5 Å². The molecule has 0 aromatic heterocycles. The number of rotatable bonds is 5. The van der Waals surface area contributed by atoms with E-state index in [1.807, 2.05) is 11.8 Å². The van der Waals surface area contributed by atoms with Crippen molar-refractivity contribution in [1.29, 1.82) is 0 Å². The highest BCUT2D eigenvalue weighted by Gasteiger charge is 2.37. The van der Waals surface area contributed by atoms with E-state index >= 15 is 0 Å². The third-order valence-corrected chi connectivity index (χ3v) is 3.69. The van der Waals surface area contributed by atoms with Crippen LogP contribution in [-0.2, 0) is 16.1 Å². The van der Waals surface area contributed by atoms with Crippen molar-refractivity contribution in [2.75, 3.05) is 19.8 Å². The van der Waals surface area contributed by atoms with Gasteiger partial charge in [-0.2, -0.15) is 0 Å². The molecule has 2 rings (SSSR count). The molecule has 1 aromatic rings. The van der Waals surface area contributed by atoms with Crippen LogP contribution in [0, 0.1) is 5.92 Å². The largest absolute Gasteiger partial charge is 0.508 e. The summed E-state index contributed by atoms with van der Waals surface area (Å²) in [6.45, 7) is 3.61. The first-order valence-electron chi connectivity index (χ1n) is 6.58. The molecule has 20 heavy (non-hydrogen) atoms. The zero-order valence-electron chi connectivity index (χ0n) is 11.3. The molecule has 0 aliphatic carbocycles. The van der Waals surface area contributed by atoms with Crippen molar-refractivity contribution < 1.29 is 24.9 Å². The summed E-state index contributed by atoms with van der Waals surface area (Å²) in [6, 6.07) is 4.22. The SMILES string of the molecule is CCN(Cc1ccc(O)cc1O)C1COCC1C(=O)O. The van der Waals surface area contributed by atoms with Crippen molar-refractivity contribution >= 4 is 5.97 Å². The van der Waals surface area contributed by atoms with Crippen LogP contribution in [0.4, 0.5) is 0 Å². The molecule has 0 bridgehead atoms. The fraction of sp³-hybridized carbons (Fsp3) is 0.500. The van der Waals surface area contributed by atoms with Gasteiger partial charge in [-0.25, -0.2) is 0 Å². The Bertz CT molecular complexity index is 490. The molecule has 2 atom stereocenters. The van der Waals surface area contributed by atoms with Crippen LogP contribution in [0.5, 0.6) is 11.5 Å². The van der Waals surface area contributed by atoms with Gasteiger partial charge in [0.05, 0.1) is 19.1 Å². The van der Waals surface area contributed by atoms with Crippen LogP contribution in [0.25, 0.3) is 0 Å². The highest BCUT2D eigenvalue weighted by Crippen LogP contribution is 2.27. The molecule has 1 heterocycles. The Balaban J connectivity index is 2.14. The minimum atomic E-state index is -0.860. The summed E-state index contributed by atoms with van der Waals surface area (Å²) in [4.78, 5) is 13.2. The lowest BCUT2D eigenvalue weighted by atomic mass is 10.0. The van der Waals surface area contributed by atoms with E-state index in [1.165, 1.54) is 12.1 Å². The summed E-state index contributed by atoms with van der Waals surface area (Å²) in [5.74, 6) is -1.40. The lowest BCUT2D eigenvalue weighted by Crippen LogP contribution is -2.42. The lowest BCUT2D eigenvalue weighted by Gasteiger charge is -2.29. The zero-order valence-corrected chi connectivity index (χ0v) is 11.3. The summed E-state index contributed by atoms with van der Waals surface area (Å²) < 4.78 is 5.28. The van der Waals surface area contributed by atoms with Crippen LogP contribution in [0.15, 0.2) is 18.2 Å². The molecule has 0 amide bonds. The third-order valence-electron chi connectivity index (χ3n) is 3.69. The zero-order chi connectivity index (χ0) is 14.7. The van der Waals surface area contributed by atoms with Gasteiger partial charge in [-0.3, -0.25) is 9.69 Å². The molecule has 6 heteroatoms. The molecule has 0 radical (unpaired) electrons. The number of nitrogens with zero attached hydrogens (tertiary/aromatic N) is 1. The Labute approximate surface area is 117 Å². The van der Waals surface area contributed by atoms with Crippen molar-refractivity contribution in [2.45, 2.75) is 19.5 Å². The number of carbonyl (C=O) groups is 1. The van der Waals surface area contributed by atoms with Crippen LogP contribution in [-0.4, -0.2) is 52.0 Å². The van der Waals surface area contributed by atoms with E-state index in [4.69, 9.17) is 4.74 Å². The van der Waals surface area contributed by atoms with E-state index in [1.54, 1.807) is 6.07 Å². The quantitative estimate of drug-likeness (QED) is 0.746. The van der Waals surface area contributed by atoms with Crippen molar-refractivity contribution in [1.82, 2.24) is 4.90 Å². The summed E-state index contributed by atoms with van der Waals surface area (Å²) in [5.41, 5.74) is 0.653. The number of phenols is 2. The predicted molar refractivity (Wildman–Crippen MR) is 71.6 cm³/mol. The maximum atomic E-state index is 11.2. The number of hydrogen-bond acceptors (Lipinski definition) is 5. The first-order chi connectivity index (χ1) is 9.52. The second-order valence-electron chi connectivity index (χ2n) is 4.93. The minimum absolute atomic E-state index is 0.00177. The van der Waals surface area contributed by atoms with E-state index in [-0.39, 0.29) is 24.1 Å². The van der Waals surface area contributed by atoms with Gasteiger partial charge >= 0.3 is 5.97 Å². The number of likely N-dealkylation sites (N-methyl/N-ethyl adjacent to an activating group) is 1. The highest BCUT2D eigenvalue weighted by atomic mass is 16.5. The molecular weight excluding hydrogens is 262 g/mol. The Morgan fingerprint density at radius 3 is 2.75 bits per heavy atom. The van der Waals surface area contributed by atoms with Crippen LogP contribution in [0.2, 0.25) is 0 Å². The monoisotopic (exact) mass is 281 g/mol. The summed E-state index contributed by atoms with van der Waals surface area (Å²) >= 11 is 0. The molecule has 6 nitrogen and oxygen atoms in total. The molecule has 1 saturated heterocycles. The molecule has 1 aliphatic rings. The number of benzene rings is 1. The maximum Gasteiger partial charge on any atom is 0.310 e. The number of hydrogen-bond donors (Lipinski definition) is 3. The molecule has 0 saturated carbocycles. The Kier molecular flexibility index (Phi) is 4.46. The molecule has 2 unspecified atom stereocenters. The van der Waals surface area contributed by atoms with Crippen molar-refractivity contribution in [2.24, 2.45) is 5.92 Å². The van der Waals surface area contributed by atoms with E-state index < -0.39 is 11.9 Å². The van der Waals surface area contributed by atoms with Gasteiger partial charge in [0.15, 0.2) is 0 Å². The Hall–Kier alpha value is -1.79. The van der Waals surface area contributed by atoms with Gasteiger partial charge in [-0.1, -0.05) is 13.0 Å². The second kappa shape index (κ2) is 6.11. The number of carboxylic acid groups (broad SMARTS) is 1. The van der Waals surface area contributed by atoms with Gasteiger partial charge in [-0.05, 0) is 12.6 Å². The third kappa shape index (κ3) is 3.02. The fourth-order valence-corrected chi connectivity index (χ4v) is 2.51. The lowest BCUT2D eigenvalue weighted by molar-refractivity contribution is -0.143. The van der Waals surface area contributed by atoms with Gasteiger partial charge < -0.3 is 20.1 Å². The van der Waals surface area contributed by atoms with E-state index in [0.29, 0.717) is 25.3 Å². The first-order valence-corrected chi connectivity index (χ1v) is 6.58. The van der Waals surface area contributed by atoms with E-state index in [2.05, 4.69) is 0 Å². The van der Waals surface area contributed by atoms with Crippen LogP contribution < -0.4 is 0 Å². The average molecular weight is 281 g/mol. The van der Waals surface area contributed by atoms with Crippen LogP contribution in [0.3, 0.4) is 0 Å². The summed E-state index contributed by atoms with van der Waals surface area (Å²) in [5, 5.41) is 28.3. The van der Waals surface area contributed by atoms with Gasteiger partial charge in [-0.15, -0.1) is 0 Å². The summed E-state index contributed by atoms with van der Waals surface area (Å²) in [6.07, 6.45) is 0. The summed E-state index contributed by atoms with van der Waals surface area (Å²) in [7, 11) is 0. The molecule has 1 aromatic carbocycles. The smallest absolute Gasteiger partial charge is 0.310 e. The highest BCUT2D eigenvalue weighted by molar-refractivity contribution is 5.71. The number of ether oxygens (including phenoxy) is 1. The standard InChI is InChI=1S/C14H19NO5/c1-2-15(12-8-20-7-11(12)14(18)19)6-9-3-4-10(16)5-13(9)17/h3-5,11-12,16-17H,2,6-8H2,1H3,(H,18,19). The number of aliphatic carboxylic acids is 1. The molecular formula is C14H19NO5. The number of aromatic hydroxyl groups is 2. The number of phenolic OH excluding ortho intramolecular Hbond substituents is 2. The molecule has 1 fully saturated rings. The van der Waals surface area contributed by atoms with E-state index in [0.717, 1.165) is 0 Å². The molecule has 1 aliphatic heterocycles.